The molecular weight excluding hydrogens is 292 g/mol. The number of carbonyl (C=O) groups excluding carboxylic acids is 1. The molecule has 23 heavy (non-hydrogen) atoms. The van der Waals surface area contributed by atoms with E-state index >= 15 is 0 Å². The Kier molecular flexibility index (Phi) is 7.89. The van der Waals surface area contributed by atoms with Gasteiger partial charge in [-0.2, -0.15) is 0 Å². The number of rotatable bonds is 9. The lowest BCUT2D eigenvalue weighted by Crippen LogP contribution is -2.34. The molecule has 0 saturated carbocycles. The second-order valence-electron chi connectivity index (χ2n) is 6.23. The van der Waals surface area contributed by atoms with Crippen molar-refractivity contribution in [3.8, 4) is 11.5 Å². The van der Waals surface area contributed by atoms with Crippen LogP contribution in [0, 0.1) is 5.92 Å². The highest BCUT2D eigenvalue weighted by molar-refractivity contribution is 5.76. The maximum Gasteiger partial charge on any atom is 0.222 e. The molecule has 0 aliphatic carbocycles. The Morgan fingerprint density at radius 1 is 1.17 bits per heavy atom. The highest BCUT2D eigenvalue weighted by Crippen LogP contribution is 2.23. The van der Waals surface area contributed by atoms with Crippen LogP contribution in [0.1, 0.15) is 32.3 Å². The van der Waals surface area contributed by atoms with Gasteiger partial charge < -0.3 is 20.1 Å². The summed E-state index contributed by atoms with van der Waals surface area (Å²) in [6.45, 7) is 4.89. The van der Waals surface area contributed by atoms with Crippen molar-refractivity contribution in [1.29, 1.82) is 0 Å². The fraction of sp³-hybridized carbons (Fsp3) is 0.611. The van der Waals surface area contributed by atoms with E-state index in [1.165, 1.54) is 0 Å². The summed E-state index contributed by atoms with van der Waals surface area (Å²) >= 11 is 0. The van der Waals surface area contributed by atoms with Crippen molar-refractivity contribution in [3.63, 3.8) is 0 Å². The van der Waals surface area contributed by atoms with Crippen LogP contribution in [-0.2, 0) is 11.2 Å². The lowest BCUT2D eigenvalue weighted by Gasteiger charge is -2.21. The van der Waals surface area contributed by atoms with E-state index in [1.54, 1.807) is 19.1 Å². The van der Waals surface area contributed by atoms with Crippen LogP contribution in [0.25, 0.3) is 0 Å². The van der Waals surface area contributed by atoms with E-state index < -0.39 is 0 Å². The van der Waals surface area contributed by atoms with Crippen molar-refractivity contribution < 1.29 is 14.3 Å². The molecule has 0 aliphatic heterocycles. The molecule has 5 heteroatoms. The van der Waals surface area contributed by atoms with E-state index in [9.17, 15) is 4.79 Å². The average molecular weight is 322 g/mol. The Bertz CT molecular complexity index is 481. The average Bonchev–Trinajstić information content (AvgIpc) is 2.56. The molecule has 0 radical (unpaired) electrons. The third-order valence-corrected chi connectivity index (χ3v) is 4.12. The van der Waals surface area contributed by atoms with E-state index in [0.29, 0.717) is 25.3 Å². The minimum absolute atomic E-state index is 0.128. The molecule has 130 valence electrons. The first-order valence-corrected chi connectivity index (χ1v) is 8.08. The number of carbonyl (C=O) groups is 1. The van der Waals surface area contributed by atoms with Crippen LogP contribution >= 0.6 is 0 Å². The van der Waals surface area contributed by atoms with Gasteiger partial charge in [0, 0.05) is 32.1 Å². The predicted octanol–water partition coefficient (Wildman–Crippen LogP) is 2.47. The summed E-state index contributed by atoms with van der Waals surface area (Å²) in [5, 5.41) is 0. The second kappa shape index (κ2) is 9.40. The molecule has 0 aromatic heterocycles. The highest BCUT2D eigenvalue weighted by atomic mass is 16.5. The third kappa shape index (κ3) is 6.48. The Morgan fingerprint density at radius 3 is 2.22 bits per heavy atom. The van der Waals surface area contributed by atoms with E-state index in [1.807, 2.05) is 25.2 Å². The number of nitrogens with zero attached hydrogens (tertiary/aromatic N) is 1. The van der Waals surface area contributed by atoms with Crippen molar-refractivity contribution in [3.05, 3.63) is 23.8 Å². The van der Waals surface area contributed by atoms with Gasteiger partial charge in [-0.1, -0.05) is 13.8 Å². The van der Waals surface area contributed by atoms with Gasteiger partial charge in [0.05, 0.1) is 14.2 Å². The summed E-state index contributed by atoms with van der Waals surface area (Å²) < 4.78 is 10.5. The van der Waals surface area contributed by atoms with E-state index in [4.69, 9.17) is 15.2 Å². The number of hydrogen-bond donors (Lipinski definition) is 1. The molecule has 0 heterocycles. The van der Waals surface area contributed by atoms with Crippen LogP contribution < -0.4 is 15.2 Å². The maximum absolute atomic E-state index is 12.2. The normalized spacial score (nSPS) is 12.1. The van der Waals surface area contributed by atoms with E-state index in [2.05, 4.69) is 13.8 Å². The van der Waals surface area contributed by atoms with Gasteiger partial charge in [0.2, 0.25) is 5.91 Å². The number of methoxy groups -OCH3 is 2. The first kappa shape index (κ1) is 19.3. The molecular formula is C18H30N2O3. The zero-order chi connectivity index (χ0) is 17.4. The first-order chi connectivity index (χ1) is 10.9. The molecule has 1 amide bonds. The molecule has 1 atom stereocenters. The van der Waals surface area contributed by atoms with Gasteiger partial charge in [-0.3, -0.25) is 4.79 Å². The molecule has 1 aromatic rings. The summed E-state index contributed by atoms with van der Waals surface area (Å²) in [6.07, 6.45) is 1.95. The standard InChI is InChI=1S/C18H30N2O3/c1-13(2)17(19)8-9-20(3)18(21)7-6-14-10-15(22-4)12-16(11-14)23-5/h10-13,17H,6-9,19H2,1-5H3. The lowest BCUT2D eigenvalue weighted by molar-refractivity contribution is -0.129. The summed E-state index contributed by atoms with van der Waals surface area (Å²) in [5.41, 5.74) is 7.06. The molecule has 0 saturated heterocycles. The highest BCUT2D eigenvalue weighted by Gasteiger charge is 2.13. The van der Waals surface area contributed by atoms with Gasteiger partial charge in [0.25, 0.3) is 0 Å². The van der Waals surface area contributed by atoms with Crippen LogP contribution in [0.5, 0.6) is 11.5 Å². The molecule has 0 bridgehead atoms. The fourth-order valence-corrected chi connectivity index (χ4v) is 2.25. The summed E-state index contributed by atoms with van der Waals surface area (Å²) in [4.78, 5) is 14.0. The van der Waals surface area contributed by atoms with Gasteiger partial charge in [-0.15, -0.1) is 0 Å². The van der Waals surface area contributed by atoms with Crippen molar-refractivity contribution in [2.24, 2.45) is 11.7 Å². The van der Waals surface area contributed by atoms with Gasteiger partial charge in [-0.05, 0) is 36.5 Å². The monoisotopic (exact) mass is 322 g/mol. The number of aryl methyl sites for hydroxylation is 1. The van der Waals surface area contributed by atoms with Crippen LogP contribution in [0.15, 0.2) is 18.2 Å². The lowest BCUT2D eigenvalue weighted by atomic mass is 10.0. The SMILES string of the molecule is COc1cc(CCC(=O)N(C)CCC(N)C(C)C)cc(OC)c1. The first-order valence-electron chi connectivity index (χ1n) is 8.08. The predicted molar refractivity (Wildman–Crippen MR) is 92.9 cm³/mol. The smallest absolute Gasteiger partial charge is 0.222 e. The molecule has 1 rings (SSSR count). The van der Waals surface area contributed by atoms with Crippen LogP contribution in [-0.4, -0.2) is 44.7 Å². The van der Waals surface area contributed by atoms with Crippen molar-refractivity contribution in [1.82, 2.24) is 4.90 Å². The van der Waals surface area contributed by atoms with Crippen molar-refractivity contribution in [2.45, 2.75) is 39.2 Å². The van der Waals surface area contributed by atoms with Crippen molar-refractivity contribution >= 4 is 5.91 Å². The number of nitrogens with two attached hydrogens (primary N) is 1. The van der Waals surface area contributed by atoms with Crippen LogP contribution in [0.4, 0.5) is 0 Å². The number of benzene rings is 1. The molecule has 1 aromatic carbocycles. The number of hydrogen-bond acceptors (Lipinski definition) is 4. The Balaban J connectivity index is 2.52. The van der Waals surface area contributed by atoms with E-state index in [0.717, 1.165) is 23.5 Å². The molecule has 0 fully saturated rings. The largest absolute Gasteiger partial charge is 0.497 e. The van der Waals surface area contributed by atoms with Gasteiger partial charge in [-0.25, -0.2) is 0 Å². The number of ether oxygens (including phenoxy) is 2. The van der Waals surface area contributed by atoms with E-state index in [-0.39, 0.29) is 11.9 Å². The summed E-state index contributed by atoms with van der Waals surface area (Å²) in [7, 11) is 5.08. The van der Waals surface area contributed by atoms with Crippen molar-refractivity contribution in [2.75, 3.05) is 27.8 Å². The molecule has 1 unspecified atom stereocenters. The zero-order valence-electron chi connectivity index (χ0n) is 15.0. The second-order valence-corrected chi connectivity index (χ2v) is 6.23. The van der Waals surface area contributed by atoms with Gasteiger partial charge in [0.1, 0.15) is 11.5 Å². The quantitative estimate of drug-likeness (QED) is 0.758. The fourth-order valence-electron chi connectivity index (χ4n) is 2.25. The Hall–Kier alpha value is -1.75. The molecule has 5 nitrogen and oxygen atoms in total. The number of amides is 1. The minimum atomic E-state index is 0.128. The summed E-state index contributed by atoms with van der Waals surface area (Å²) in [5.74, 6) is 2.04. The third-order valence-electron chi connectivity index (χ3n) is 4.12. The molecule has 0 aliphatic rings. The van der Waals surface area contributed by atoms with Gasteiger partial charge >= 0.3 is 0 Å². The summed E-state index contributed by atoms with van der Waals surface area (Å²) in [6, 6.07) is 5.83. The molecule has 0 spiro atoms. The minimum Gasteiger partial charge on any atom is -0.497 e. The molecule has 2 N–H and O–H groups in total. The Labute approximate surface area is 139 Å². The Morgan fingerprint density at radius 2 is 1.74 bits per heavy atom. The van der Waals surface area contributed by atoms with Gasteiger partial charge in [0.15, 0.2) is 0 Å². The van der Waals surface area contributed by atoms with Crippen LogP contribution in [0.3, 0.4) is 0 Å². The van der Waals surface area contributed by atoms with Crippen LogP contribution in [0.2, 0.25) is 0 Å². The zero-order valence-corrected chi connectivity index (χ0v) is 15.0. The topological polar surface area (TPSA) is 64.8 Å². The maximum atomic E-state index is 12.2.